The van der Waals surface area contributed by atoms with E-state index in [0.717, 1.165) is 16.8 Å². The Labute approximate surface area is 199 Å². The van der Waals surface area contributed by atoms with Gasteiger partial charge in [-0.05, 0) is 35.4 Å². The fourth-order valence-electron chi connectivity index (χ4n) is 4.09. The zero-order valence-electron chi connectivity index (χ0n) is 19.0. The van der Waals surface area contributed by atoms with Crippen LogP contribution >= 0.6 is 0 Å². The van der Waals surface area contributed by atoms with Crippen LogP contribution in [0.25, 0.3) is 0 Å². The van der Waals surface area contributed by atoms with Crippen molar-refractivity contribution in [1.82, 2.24) is 9.80 Å². The summed E-state index contributed by atoms with van der Waals surface area (Å²) in [6, 6.07) is 28.5. The monoisotopic (exact) mass is 454 g/mol. The highest BCUT2D eigenvalue weighted by Gasteiger charge is 2.24. The number of amides is 1. The number of anilines is 1. The summed E-state index contributed by atoms with van der Waals surface area (Å²) in [7, 11) is 0. The minimum absolute atomic E-state index is 0.127. The zero-order chi connectivity index (χ0) is 23.8. The van der Waals surface area contributed by atoms with E-state index in [1.165, 1.54) is 12.1 Å². The summed E-state index contributed by atoms with van der Waals surface area (Å²) in [4.78, 5) is 19.0. The fraction of sp³-hybridized carbons (Fsp3) is 0.214. The van der Waals surface area contributed by atoms with Crippen LogP contribution in [0.15, 0.2) is 96.7 Å². The number of halogens is 1. The first-order valence-corrected chi connectivity index (χ1v) is 11.4. The first-order valence-electron chi connectivity index (χ1n) is 11.4. The number of nitrogens with zero attached hydrogens (tertiary/aromatic N) is 4. The van der Waals surface area contributed by atoms with Gasteiger partial charge >= 0.3 is 0 Å². The molecule has 1 fully saturated rings. The van der Waals surface area contributed by atoms with Gasteiger partial charge in [0.2, 0.25) is 0 Å². The van der Waals surface area contributed by atoms with E-state index in [1.807, 2.05) is 65.6 Å². The third kappa shape index (κ3) is 6.02. The molecule has 0 bridgehead atoms. The van der Waals surface area contributed by atoms with E-state index < -0.39 is 0 Å². The molecule has 3 aromatic rings. The molecule has 0 unspecified atom stereocenters. The Hall–Kier alpha value is -4.11. The highest BCUT2D eigenvalue weighted by atomic mass is 19.1. The van der Waals surface area contributed by atoms with Crippen LogP contribution in [-0.4, -0.2) is 41.9 Å². The summed E-state index contributed by atoms with van der Waals surface area (Å²) in [6.45, 7) is 3.46. The van der Waals surface area contributed by atoms with Crippen LogP contribution < -0.4 is 4.90 Å². The van der Waals surface area contributed by atoms with Gasteiger partial charge in [-0.2, -0.15) is 5.26 Å². The Bertz CT molecular complexity index is 1110. The van der Waals surface area contributed by atoms with Crippen LogP contribution in [0, 0.1) is 17.1 Å². The minimum Gasteiger partial charge on any atom is -0.368 e. The van der Waals surface area contributed by atoms with Gasteiger partial charge in [-0.15, -0.1) is 0 Å². The summed E-state index contributed by atoms with van der Waals surface area (Å²) in [5, 5.41) is 9.83. The van der Waals surface area contributed by atoms with Gasteiger partial charge < -0.3 is 14.7 Å². The molecule has 6 heteroatoms. The second kappa shape index (κ2) is 11.2. The average molecular weight is 455 g/mol. The predicted molar refractivity (Wildman–Crippen MR) is 131 cm³/mol. The minimum atomic E-state index is -0.267. The Morgan fingerprint density at radius 1 is 0.853 bits per heavy atom. The third-order valence-corrected chi connectivity index (χ3v) is 5.88. The summed E-state index contributed by atoms with van der Waals surface area (Å²) in [5.41, 5.74) is 3.27. The smallest absolute Gasteiger partial charge is 0.266 e. The number of rotatable bonds is 7. The van der Waals surface area contributed by atoms with Crippen LogP contribution in [0.2, 0.25) is 0 Å². The lowest BCUT2D eigenvalue weighted by Crippen LogP contribution is -2.49. The fourth-order valence-corrected chi connectivity index (χ4v) is 4.09. The van der Waals surface area contributed by atoms with E-state index in [-0.39, 0.29) is 17.3 Å². The van der Waals surface area contributed by atoms with E-state index in [2.05, 4.69) is 11.0 Å². The number of benzene rings is 3. The van der Waals surface area contributed by atoms with Crippen molar-refractivity contribution in [1.29, 1.82) is 5.26 Å². The molecule has 4 rings (SSSR count). The number of carbonyl (C=O) groups excluding carboxylic acids is 1. The van der Waals surface area contributed by atoms with E-state index in [0.29, 0.717) is 39.3 Å². The van der Waals surface area contributed by atoms with Crippen molar-refractivity contribution in [2.24, 2.45) is 0 Å². The molecule has 0 radical (unpaired) electrons. The van der Waals surface area contributed by atoms with Gasteiger partial charge in [0.15, 0.2) is 0 Å². The number of carbonyl (C=O) groups is 1. The molecule has 1 saturated heterocycles. The Kier molecular flexibility index (Phi) is 7.56. The number of hydrogen-bond donors (Lipinski definition) is 0. The second-order valence-corrected chi connectivity index (χ2v) is 8.29. The van der Waals surface area contributed by atoms with Gasteiger partial charge in [-0.3, -0.25) is 4.79 Å². The molecular weight excluding hydrogens is 427 g/mol. The van der Waals surface area contributed by atoms with Crippen molar-refractivity contribution in [2.75, 3.05) is 31.1 Å². The molecule has 5 nitrogen and oxygen atoms in total. The standard InChI is InChI=1S/C28H27FN4O/c29-26-11-13-27(14-12-26)32-15-17-33(18-16-32)28(34)25(19-30)22-31(20-23-7-3-1-4-8-23)21-24-9-5-2-6-10-24/h1-14,22H,15-18,20-21H2/b25-22-. The topological polar surface area (TPSA) is 50.6 Å². The van der Waals surface area contributed by atoms with Crippen molar-refractivity contribution >= 4 is 11.6 Å². The molecule has 1 amide bonds. The lowest BCUT2D eigenvalue weighted by atomic mass is 10.1. The van der Waals surface area contributed by atoms with Crippen molar-refractivity contribution in [3.05, 3.63) is 114 Å². The molecule has 1 aliphatic rings. The van der Waals surface area contributed by atoms with E-state index in [1.54, 1.807) is 23.2 Å². The molecule has 1 aliphatic heterocycles. The Balaban J connectivity index is 1.46. The highest BCUT2D eigenvalue weighted by Crippen LogP contribution is 2.18. The maximum absolute atomic E-state index is 13.2. The maximum Gasteiger partial charge on any atom is 0.266 e. The van der Waals surface area contributed by atoms with Gasteiger partial charge in [0.1, 0.15) is 17.5 Å². The second-order valence-electron chi connectivity index (χ2n) is 8.29. The molecular formula is C28H27FN4O. The SMILES string of the molecule is N#C/C(=C/N(Cc1ccccc1)Cc1ccccc1)C(=O)N1CCN(c2ccc(F)cc2)CC1. The van der Waals surface area contributed by atoms with Crippen LogP contribution in [0.4, 0.5) is 10.1 Å². The van der Waals surface area contributed by atoms with Gasteiger partial charge in [0, 0.05) is 51.2 Å². The molecule has 0 spiro atoms. The zero-order valence-corrected chi connectivity index (χ0v) is 19.0. The lowest BCUT2D eigenvalue weighted by Gasteiger charge is -2.36. The molecule has 0 saturated carbocycles. The van der Waals surface area contributed by atoms with Gasteiger partial charge in [-0.25, -0.2) is 4.39 Å². The molecule has 0 aromatic heterocycles. The molecule has 172 valence electrons. The summed E-state index contributed by atoms with van der Waals surface area (Å²) in [5.74, 6) is -0.524. The molecule has 1 heterocycles. The van der Waals surface area contributed by atoms with Crippen LogP contribution in [-0.2, 0) is 17.9 Å². The van der Waals surface area contributed by atoms with E-state index >= 15 is 0 Å². The predicted octanol–water partition coefficient (Wildman–Crippen LogP) is 4.58. The average Bonchev–Trinajstić information content (AvgIpc) is 2.88. The van der Waals surface area contributed by atoms with Gasteiger partial charge in [0.05, 0.1) is 0 Å². The molecule has 3 aromatic carbocycles. The first kappa shape index (κ1) is 23.1. The van der Waals surface area contributed by atoms with Crippen molar-refractivity contribution < 1.29 is 9.18 Å². The lowest BCUT2D eigenvalue weighted by molar-refractivity contribution is -0.127. The largest absolute Gasteiger partial charge is 0.368 e. The van der Waals surface area contributed by atoms with Crippen LogP contribution in [0.5, 0.6) is 0 Å². The molecule has 0 aliphatic carbocycles. The van der Waals surface area contributed by atoms with Crippen molar-refractivity contribution in [2.45, 2.75) is 13.1 Å². The number of nitriles is 1. The van der Waals surface area contributed by atoms with Gasteiger partial charge in [0.25, 0.3) is 5.91 Å². The van der Waals surface area contributed by atoms with E-state index in [4.69, 9.17) is 0 Å². The summed E-state index contributed by atoms with van der Waals surface area (Å²) < 4.78 is 13.2. The van der Waals surface area contributed by atoms with Crippen molar-refractivity contribution in [3.63, 3.8) is 0 Å². The third-order valence-electron chi connectivity index (χ3n) is 5.88. The van der Waals surface area contributed by atoms with E-state index in [9.17, 15) is 14.4 Å². The molecule has 34 heavy (non-hydrogen) atoms. The first-order chi connectivity index (χ1) is 16.6. The highest BCUT2D eigenvalue weighted by molar-refractivity contribution is 5.97. The van der Waals surface area contributed by atoms with Crippen molar-refractivity contribution in [3.8, 4) is 6.07 Å². The quantitative estimate of drug-likeness (QED) is 0.387. The molecule has 0 N–H and O–H groups in total. The van der Waals surface area contributed by atoms with Crippen LogP contribution in [0.1, 0.15) is 11.1 Å². The Morgan fingerprint density at radius 2 is 1.38 bits per heavy atom. The van der Waals surface area contributed by atoms with Crippen LogP contribution in [0.3, 0.4) is 0 Å². The number of hydrogen-bond acceptors (Lipinski definition) is 4. The molecule has 0 atom stereocenters. The number of piperazine rings is 1. The van der Waals surface area contributed by atoms with Gasteiger partial charge in [-0.1, -0.05) is 60.7 Å². The normalized spacial score (nSPS) is 13.9. The summed E-state index contributed by atoms with van der Waals surface area (Å²) >= 11 is 0. The maximum atomic E-state index is 13.2. The Morgan fingerprint density at radius 3 is 1.88 bits per heavy atom. The summed E-state index contributed by atoms with van der Waals surface area (Å²) in [6.07, 6.45) is 1.69.